The summed E-state index contributed by atoms with van der Waals surface area (Å²) >= 11 is 1.67. The van der Waals surface area contributed by atoms with Crippen molar-refractivity contribution in [2.75, 3.05) is 19.0 Å². The van der Waals surface area contributed by atoms with Gasteiger partial charge in [-0.05, 0) is 20.3 Å². The molecule has 19 heavy (non-hydrogen) atoms. The van der Waals surface area contributed by atoms with Crippen LogP contribution in [0.25, 0.3) is 0 Å². The third-order valence-electron chi connectivity index (χ3n) is 2.74. The van der Waals surface area contributed by atoms with Crippen molar-refractivity contribution in [1.82, 2.24) is 14.5 Å². The fourth-order valence-electron chi connectivity index (χ4n) is 1.90. The number of aryl methyl sites for hydroxylation is 3. The van der Waals surface area contributed by atoms with Crippen LogP contribution in [0.5, 0.6) is 0 Å². The van der Waals surface area contributed by atoms with Crippen molar-refractivity contribution in [3.05, 3.63) is 28.0 Å². The van der Waals surface area contributed by atoms with Crippen molar-refractivity contribution in [3.8, 4) is 0 Å². The lowest BCUT2D eigenvalue weighted by molar-refractivity contribution is 0.190. The van der Waals surface area contributed by atoms with E-state index in [2.05, 4.69) is 31.4 Å². The Morgan fingerprint density at radius 3 is 2.89 bits per heavy atom. The highest BCUT2D eigenvalue weighted by Crippen LogP contribution is 2.13. The summed E-state index contributed by atoms with van der Waals surface area (Å²) in [4.78, 5) is 8.93. The second-order valence-corrected chi connectivity index (χ2v) is 5.52. The third kappa shape index (κ3) is 4.04. The van der Waals surface area contributed by atoms with E-state index in [-0.39, 0.29) is 0 Å². The van der Waals surface area contributed by atoms with Crippen LogP contribution in [-0.4, -0.2) is 28.3 Å². The number of anilines is 1. The van der Waals surface area contributed by atoms with Gasteiger partial charge in [0.1, 0.15) is 0 Å². The van der Waals surface area contributed by atoms with Gasteiger partial charge in [0.15, 0.2) is 0 Å². The molecule has 0 aliphatic rings. The molecule has 2 rings (SSSR count). The lowest BCUT2D eigenvalue weighted by Crippen LogP contribution is -2.08. The zero-order chi connectivity index (χ0) is 13.7. The molecule has 0 aliphatic heterocycles. The highest BCUT2D eigenvalue weighted by molar-refractivity contribution is 7.09. The van der Waals surface area contributed by atoms with Crippen molar-refractivity contribution in [2.24, 2.45) is 0 Å². The molecule has 0 atom stereocenters. The molecule has 2 aromatic rings. The minimum atomic E-state index is 0.713. The van der Waals surface area contributed by atoms with Crippen LogP contribution in [0, 0.1) is 13.8 Å². The monoisotopic (exact) mass is 280 g/mol. The average Bonchev–Trinajstić information content (AvgIpc) is 2.94. The first-order valence-electron chi connectivity index (χ1n) is 6.36. The number of methoxy groups -OCH3 is 1. The molecule has 0 saturated carbocycles. The van der Waals surface area contributed by atoms with Gasteiger partial charge in [0.2, 0.25) is 5.95 Å². The molecule has 0 amide bonds. The molecule has 0 saturated heterocycles. The molecule has 104 valence electrons. The standard InChI is InChI=1S/C13H20N4OS/c1-10-8-17(5-4-6-18-3)13(15-10)14-7-12-9-19-11(2)16-12/h8-9H,4-7H2,1-3H3,(H,14,15). The van der Waals surface area contributed by atoms with Crippen LogP contribution in [0.15, 0.2) is 11.6 Å². The van der Waals surface area contributed by atoms with Gasteiger partial charge in [0.25, 0.3) is 0 Å². The molecule has 0 radical (unpaired) electrons. The van der Waals surface area contributed by atoms with Gasteiger partial charge in [0.05, 0.1) is 22.9 Å². The first kappa shape index (κ1) is 14.0. The number of nitrogens with one attached hydrogen (secondary N) is 1. The predicted octanol–water partition coefficient (Wildman–Crippen LogP) is 2.61. The van der Waals surface area contributed by atoms with Gasteiger partial charge >= 0.3 is 0 Å². The Kier molecular flexibility index (Phi) is 4.93. The van der Waals surface area contributed by atoms with E-state index < -0.39 is 0 Å². The van der Waals surface area contributed by atoms with Crippen molar-refractivity contribution in [1.29, 1.82) is 0 Å². The molecule has 6 heteroatoms. The zero-order valence-electron chi connectivity index (χ0n) is 11.6. The summed E-state index contributed by atoms with van der Waals surface area (Å²) in [5.74, 6) is 0.902. The summed E-state index contributed by atoms with van der Waals surface area (Å²) in [6.45, 7) is 6.41. The number of nitrogens with zero attached hydrogens (tertiary/aromatic N) is 3. The van der Waals surface area contributed by atoms with E-state index >= 15 is 0 Å². The summed E-state index contributed by atoms with van der Waals surface area (Å²) in [7, 11) is 1.73. The van der Waals surface area contributed by atoms with Crippen LogP contribution in [0.1, 0.15) is 22.8 Å². The van der Waals surface area contributed by atoms with Gasteiger partial charge in [-0.15, -0.1) is 11.3 Å². The Balaban J connectivity index is 1.95. The molecule has 0 aromatic carbocycles. The van der Waals surface area contributed by atoms with Gasteiger partial charge < -0.3 is 14.6 Å². The molecule has 5 nitrogen and oxygen atoms in total. The maximum Gasteiger partial charge on any atom is 0.203 e. The molecule has 0 spiro atoms. The van der Waals surface area contributed by atoms with Crippen LogP contribution in [0.2, 0.25) is 0 Å². The smallest absolute Gasteiger partial charge is 0.203 e. The Morgan fingerprint density at radius 2 is 2.21 bits per heavy atom. The van der Waals surface area contributed by atoms with Crippen LogP contribution >= 0.6 is 11.3 Å². The second-order valence-electron chi connectivity index (χ2n) is 4.46. The fourth-order valence-corrected chi connectivity index (χ4v) is 2.51. The highest BCUT2D eigenvalue weighted by Gasteiger charge is 2.06. The van der Waals surface area contributed by atoms with Crippen molar-refractivity contribution < 1.29 is 4.74 Å². The zero-order valence-corrected chi connectivity index (χ0v) is 12.5. The van der Waals surface area contributed by atoms with Gasteiger partial charge in [-0.1, -0.05) is 0 Å². The van der Waals surface area contributed by atoms with Gasteiger partial charge in [-0.2, -0.15) is 0 Å². The first-order chi connectivity index (χ1) is 9.19. The second kappa shape index (κ2) is 6.68. The van der Waals surface area contributed by atoms with Crippen LogP contribution in [0.3, 0.4) is 0 Å². The maximum atomic E-state index is 5.08. The normalized spacial score (nSPS) is 10.9. The van der Waals surface area contributed by atoms with E-state index in [0.717, 1.165) is 41.9 Å². The molecule has 2 aromatic heterocycles. The van der Waals surface area contributed by atoms with Crippen molar-refractivity contribution in [3.63, 3.8) is 0 Å². The number of rotatable bonds is 7. The Bertz CT molecular complexity index is 520. The van der Waals surface area contributed by atoms with Crippen molar-refractivity contribution >= 4 is 17.3 Å². The quantitative estimate of drug-likeness (QED) is 0.792. The molecule has 0 bridgehead atoms. The van der Waals surface area contributed by atoms with Crippen LogP contribution in [-0.2, 0) is 17.8 Å². The summed E-state index contributed by atoms with van der Waals surface area (Å²) < 4.78 is 7.21. The molecule has 1 N–H and O–H groups in total. The fraction of sp³-hybridized carbons (Fsp3) is 0.538. The van der Waals surface area contributed by atoms with Gasteiger partial charge in [-0.25, -0.2) is 9.97 Å². The number of ether oxygens (including phenoxy) is 1. The SMILES string of the molecule is COCCCn1cc(C)nc1NCc1csc(C)n1. The minimum Gasteiger partial charge on any atom is -0.385 e. The van der Waals surface area contributed by atoms with E-state index in [9.17, 15) is 0 Å². The minimum absolute atomic E-state index is 0.713. The Morgan fingerprint density at radius 1 is 1.37 bits per heavy atom. The molecular weight excluding hydrogens is 260 g/mol. The largest absolute Gasteiger partial charge is 0.385 e. The van der Waals surface area contributed by atoms with Gasteiger partial charge in [0, 0.05) is 31.8 Å². The molecule has 0 aliphatic carbocycles. The Hall–Kier alpha value is -1.40. The summed E-state index contributed by atoms with van der Waals surface area (Å²) in [5.41, 5.74) is 2.08. The molecular formula is C13H20N4OS. The third-order valence-corrected chi connectivity index (χ3v) is 3.56. The number of imidazole rings is 1. The lowest BCUT2D eigenvalue weighted by Gasteiger charge is -2.08. The van der Waals surface area contributed by atoms with Crippen LogP contribution < -0.4 is 5.32 Å². The van der Waals surface area contributed by atoms with E-state index in [0.29, 0.717) is 6.54 Å². The Labute approximate surface area is 117 Å². The van der Waals surface area contributed by atoms with E-state index in [4.69, 9.17) is 4.74 Å². The van der Waals surface area contributed by atoms with Gasteiger partial charge in [-0.3, -0.25) is 0 Å². The first-order valence-corrected chi connectivity index (χ1v) is 7.24. The topological polar surface area (TPSA) is 52.0 Å². The highest BCUT2D eigenvalue weighted by atomic mass is 32.1. The average molecular weight is 280 g/mol. The number of hydrogen-bond donors (Lipinski definition) is 1. The predicted molar refractivity (Wildman–Crippen MR) is 77.6 cm³/mol. The summed E-state index contributed by atoms with van der Waals surface area (Å²) in [5, 5.41) is 6.52. The lowest BCUT2D eigenvalue weighted by atomic mass is 10.4. The van der Waals surface area contributed by atoms with E-state index in [1.807, 2.05) is 13.8 Å². The number of hydrogen-bond acceptors (Lipinski definition) is 5. The number of aromatic nitrogens is 3. The maximum absolute atomic E-state index is 5.08. The number of thiazole rings is 1. The summed E-state index contributed by atoms with van der Waals surface area (Å²) in [6, 6.07) is 0. The van der Waals surface area contributed by atoms with E-state index in [1.54, 1.807) is 18.4 Å². The summed E-state index contributed by atoms with van der Waals surface area (Å²) in [6.07, 6.45) is 3.04. The molecule has 2 heterocycles. The molecule has 0 fully saturated rings. The van der Waals surface area contributed by atoms with Crippen molar-refractivity contribution in [2.45, 2.75) is 33.4 Å². The van der Waals surface area contributed by atoms with E-state index in [1.165, 1.54) is 0 Å². The molecule has 0 unspecified atom stereocenters. The van der Waals surface area contributed by atoms with Crippen LogP contribution in [0.4, 0.5) is 5.95 Å².